The van der Waals surface area contributed by atoms with Crippen LogP contribution in [0.15, 0.2) is 22.7 Å². The van der Waals surface area contributed by atoms with Crippen molar-refractivity contribution in [2.24, 2.45) is 0 Å². The van der Waals surface area contributed by atoms with Crippen LogP contribution < -0.4 is 0 Å². The summed E-state index contributed by atoms with van der Waals surface area (Å²) in [5, 5.41) is 0.957. The SMILES string of the molecule is Cc1c(Br)cccc1CSC1CC1. The quantitative estimate of drug-likeness (QED) is 0.783. The molecule has 1 aromatic carbocycles. The number of hydrogen-bond donors (Lipinski definition) is 0. The summed E-state index contributed by atoms with van der Waals surface area (Å²) in [6, 6.07) is 6.47. The van der Waals surface area contributed by atoms with Crippen molar-refractivity contribution in [2.75, 3.05) is 0 Å². The Balaban J connectivity index is 2.05. The molecule has 0 radical (unpaired) electrons. The molecule has 0 amide bonds. The Kier molecular flexibility index (Phi) is 2.99. The highest BCUT2D eigenvalue weighted by molar-refractivity contribution is 9.10. The molecule has 0 nitrogen and oxygen atoms in total. The van der Waals surface area contributed by atoms with Gasteiger partial charge in [-0.2, -0.15) is 11.8 Å². The number of thioether (sulfide) groups is 1. The van der Waals surface area contributed by atoms with E-state index in [1.165, 1.54) is 34.2 Å². The summed E-state index contributed by atoms with van der Waals surface area (Å²) < 4.78 is 1.24. The zero-order valence-electron chi connectivity index (χ0n) is 7.72. The van der Waals surface area contributed by atoms with Crippen LogP contribution in [-0.2, 0) is 5.75 Å². The minimum atomic E-state index is 0.957. The van der Waals surface area contributed by atoms with Gasteiger partial charge in [0.2, 0.25) is 0 Å². The van der Waals surface area contributed by atoms with Crippen molar-refractivity contribution in [1.82, 2.24) is 0 Å². The van der Waals surface area contributed by atoms with Crippen molar-refractivity contribution in [2.45, 2.75) is 30.8 Å². The molecular formula is C11H13BrS. The predicted molar refractivity (Wildman–Crippen MR) is 63.2 cm³/mol. The molecule has 0 aromatic heterocycles. The summed E-state index contributed by atoms with van der Waals surface area (Å²) >= 11 is 5.66. The average molecular weight is 257 g/mol. The zero-order chi connectivity index (χ0) is 9.26. The third-order valence-corrected chi connectivity index (χ3v) is 4.66. The van der Waals surface area contributed by atoms with Gasteiger partial charge in [-0.15, -0.1) is 0 Å². The van der Waals surface area contributed by atoms with Gasteiger partial charge in [0.1, 0.15) is 0 Å². The number of halogens is 1. The Bertz CT molecular complexity index is 305. The standard InChI is InChI=1S/C11H13BrS/c1-8-9(3-2-4-11(8)12)7-13-10-5-6-10/h2-4,10H,5-7H2,1H3. The molecule has 1 saturated carbocycles. The molecule has 2 rings (SSSR count). The fourth-order valence-electron chi connectivity index (χ4n) is 1.25. The van der Waals surface area contributed by atoms with Crippen LogP contribution in [0.25, 0.3) is 0 Å². The first kappa shape index (κ1) is 9.60. The molecule has 1 aliphatic rings. The molecule has 13 heavy (non-hydrogen) atoms. The minimum absolute atomic E-state index is 0.957. The van der Waals surface area contributed by atoms with Crippen LogP contribution in [0.2, 0.25) is 0 Å². The summed E-state index contributed by atoms with van der Waals surface area (Å²) in [7, 11) is 0. The summed E-state index contributed by atoms with van der Waals surface area (Å²) in [4.78, 5) is 0. The number of benzene rings is 1. The van der Waals surface area contributed by atoms with Crippen molar-refractivity contribution < 1.29 is 0 Å². The monoisotopic (exact) mass is 256 g/mol. The maximum atomic E-state index is 3.56. The van der Waals surface area contributed by atoms with E-state index in [9.17, 15) is 0 Å². The Hall–Kier alpha value is 0.0500. The Morgan fingerprint density at radius 1 is 1.46 bits per heavy atom. The van der Waals surface area contributed by atoms with Gasteiger partial charge in [-0.1, -0.05) is 28.1 Å². The summed E-state index contributed by atoms with van der Waals surface area (Å²) in [6.45, 7) is 2.19. The van der Waals surface area contributed by atoms with Crippen LogP contribution in [0.3, 0.4) is 0 Å². The van der Waals surface area contributed by atoms with Gasteiger partial charge in [0.05, 0.1) is 0 Å². The maximum absolute atomic E-state index is 3.56. The molecular weight excluding hydrogens is 244 g/mol. The fraction of sp³-hybridized carbons (Fsp3) is 0.455. The highest BCUT2D eigenvalue weighted by Gasteiger charge is 2.21. The second kappa shape index (κ2) is 4.05. The summed E-state index contributed by atoms with van der Waals surface area (Å²) in [6.07, 6.45) is 2.86. The molecule has 0 bridgehead atoms. The third kappa shape index (κ3) is 2.50. The first-order valence-corrected chi connectivity index (χ1v) is 6.47. The van der Waals surface area contributed by atoms with E-state index in [2.05, 4.69) is 52.8 Å². The Morgan fingerprint density at radius 2 is 2.23 bits per heavy atom. The second-order valence-electron chi connectivity index (χ2n) is 3.53. The molecule has 0 saturated heterocycles. The van der Waals surface area contributed by atoms with Crippen molar-refractivity contribution in [3.05, 3.63) is 33.8 Å². The Morgan fingerprint density at radius 3 is 2.92 bits per heavy atom. The minimum Gasteiger partial charge on any atom is -0.154 e. The van der Waals surface area contributed by atoms with Gasteiger partial charge in [-0.05, 0) is 37.0 Å². The normalized spacial score (nSPS) is 16.2. The average Bonchev–Trinajstić information content (AvgIpc) is 2.91. The van der Waals surface area contributed by atoms with Gasteiger partial charge in [0, 0.05) is 15.5 Å². The molecule has 0 unspecified atom stereocenters. The molecule has 0 atom stereocenters. The van der Waals surface area contributed by atoms with Crippen molar-refractivity contribution in [1.29, 1.82) is 0 Å². The van der Waals surface area contributed by atoms with Gasteiger partial charge in [0.25, 0.3) is 0 Å². The van der Waals surface area contributed by atoms with Crippen LogP contribution in [0.4, 0.5) is 0 Å². The van der Waals surface area contributed by atoms with E-state index in [1.807, 2.05) is 0 Å². The molecule has 0 aliphatic heterocycles. The first-order valence-electron chi connectivity index (χ1n) is 4.63. The molecule has 0 N–H and O–H groups in total. The zero-order valence-corrected chi connectivity index (χ0v) is 10.1. The van der Waals surface area contributed by atoms with Crippen LogP contribution in [0.1, 0.15) is 24.0 Å². The summed E-state index contributed by atoms with van der Waals surface area (Å²) in [5.74, 6) is 1.18. The van der Waals surface area contributed by atoms with E-state index in [1.54, 1.807) is 0 Å². The van der Waals surface area contributed by atoms with E-state index in [-0.39, 0.29) is 0 Å². The molecule has 70 valence electrons. The maximum Gasteiger partial charge on any atom is 0.0207 e. The lowest BCUT2D eigenvalue weighted by Crippen LogP contribution is -1.88. The highest BCUT2D eigenvalue weighted by atomic mass is 79.9. The van der Waals surface area contributed by atoms with Gasteiger partial charge in [-0.25, -0.2) is 0 Å². The van der Waals surface area contributed by atoms with E-state index in [0.29, 0.717) is 0 Å². The molecule has 1 aliphatic carbocycles. The lowest BCUT2D eigenvalue weighted by atomic mass is 10.1. The van der Waals surface area contributed by atoms with Crippen molar-refractivity contribution in [3.8, 4) is 0 Å². The van der Waals surface area contributed by atoms with E-state index >= 15 is 0 Å². The first-order chi connectivity index (χ1) is 6.27. The molecule has 0 heterocycles. The number of rotatable bonds is 3. The lowest BCUT2D eigenvalue weighted by Gasteiger charge is -2.06. The smallest absolute Gasteiger partial charge is 0.0207 e. The second-order valence-corrected chi connectivity index (χ2v) is 5.68. The van der Waals surface area contributed by atoms with Crippen LogP contribution in [0, 0.1) is 6.92 Å². The molecule has 0 spiro atoms. The highest BCUT2D eigenvalue weighted by Crippen LogP contribution is 2.36. The van der Waals surface area contributed by atoms with Crippen LogP contribution >= 0.6 is 27.7 Å². The van der Waals surface area contributed by atoms with Gasteiger partial charge < -0.3 is 0 Å². The van der Waals surface area contributed by atoms with Crippen molar-refractivity contribution >= 4 is 27.7 Å². The molecule has 1 fully saturated rings. The van der Waals surface area contributed by atoms with Gasteiger partial charge in [0.15, 0.2) is 0 Å². The lowest BCUT2D eigenvalue weighted by molar-refractivity contribution is 1.28. The van der Waals surface area contributed by atoms with Crippen LogP contribution in [0.5, 0.6) is 0 Å². The molecule has 2 heteroatoms. The van der Waals surface area contributed by atoms with E-state index in [0.717, 1.165) is 5.25 Å². The third-order valence-electron chi connectivity index (χ3n) is 2.38. The molecule has 1 aromatic rings. The summed E-state index contributed by atoms with van der Waals surface area (Å²) in [5.41, 5.74) is 2.88. The van der Waals surface area contributed by atoms with Gasteiger partial charge >= 0.3 is 0 Å². The van der Waals surface area contributed by atoms with Crippen LogP contribution in [-0.4, -0.2) is 5.25 Å². The fourth-order valence-corrected chi connectivity index (χ4v) is 2.86. The topological polar surface area (TPSA) is 0 Å². The van der Waals surface area contributed by atoms with E-state index < -0.39 is 0 Å². The predicted octanol–water partition coefficient (Wildman–Crippen LogP) is 4.15. The Labute approximate surface area is 92.2 Å². The van der Waals surface area contributed by atoms with Gasteiger partial charge in [-0.3, -0.25) is 0 Å². The number of hydrogen-bond acceptors (Lipinski definition) is 1. The van der Waals surface area contributed by atoms with Crippen molar-refractivity contribution in [3.63, 3.8) is 0 Å². The largest absolute Gasteiger partial charge is 0.154 e. The van der Waals surface area contributed by atoms with E-state index in [4.69, 9.17) is 0 Å².